The summed E-state index contributed by atoms with van der Waals surface area (Å²) in [6, 6.07) is 27.0. The molecule has 0 fully saturated rings. The molecular formula is C54H74Br4IKO. The van der Waals surface area contributed by atoms with E-state index in [1.165, 1.54) is 175 Å². The molecule has 0 atom stereocenters. The number of fused-ring (bicyclic) bond motifs is 6. The molecule has 0 unspecified atom stereocenters. The molecule has 0 saturated carbocycles. The molecule has 4 aromatic carbocycles. The first kappa shape index (κ1) is 58.3. The monoisotopic (exact) mass is 1220 g/mol. The Morgan fingerprint density at radius 3 is 1.11 bits per heavy atom. The number of halogens is 5. The Morgan fingerprint density at radius 1 is 0.475 bits per heavy atom. The van der Waals surface area contributed by atoms with Crippen LogP contribution in [0.3, 0.4) is 0 Å². The van der Waals surface area contributed by atoms with Gasteiger partial charge in [-0.05, 0) is 123 Å². The molecule has 0 N–H and O–H groups in total. The summed E-state index contributed by atoms with van der Waals surface area (Å²) >= 11 is 17.1. The molecule has 0 saturated heterocycles. The van der Waals surface area contributed by atoms with E-state index in [0.717, 1.165) is 15.4 Å². The van der Waals surface area contributed by atoms with Crippen LogP contribution < -0.4 is 56.5 Å². The summed E-state index contributed by atoms with van der Waals surface area (Å²) in [5, 5.41) is 10.1. The van der Waals surface area contributed by atoms with Crippen LogP contribution in [0, 0.1) is 0 Å². The SMILES string of the molecule is Brc1ccc2c(c1)Cc1cc(Br)ccc1-2.CC(C)(C)[O-].CCCCCCCCC1(CCCCCCCC)c2cc(Br)ccc2-c2ccc(Br)cc21.CCCCCCCCI.[K+]. The molecular weight excluding hydrogens is 1150 g/mol. The van der Waals surface area contributed by atoms with E-state index in [4.69, 9.17) is 0 Å². The minimum Gasteiger partial charge on any atom is -0.850 e. The van der Waals surface area contributed by atoms with Gasteiger partial charge in [-0.15, -0.1) is 5.60 Å². The van der Waals surface area contributed by atoms with E-state index in [2.05, 4.69) is 180 Å². The molecule has 332 valence electrons. The van der Waals surface area contributed by atoms with Crippen LogP contribution in [0.2, 0.25) is 0 Å². The first-order chi connectivity index (χ1) is 28.8. The van der Waals surface area contributed by atoms with Crippen molar-refractivity contribution in [1.29, 1.82) is 0 Å². The van der Waals surface area contributed by atoms with Crippen LogP contribution in [0.25, 0.3) is 22.3 Å². The summed E-state index contributed by atoms with van der Waals surface area (Å²) in [4.78, 5) is 0. The third-order valence-electron chi connectivity index (χ3n) is 11.5. The van der Waals surface area contributed by atoms with E-state index < -0.39 is 5.60 Å². The average molecular weight is 1220 g/mol. The van der Waals surface area contributed by atoms with E-state index in [-0.39, 0.29) is 56.8 Å². The minimum absolute atomic E-state index is 0. The predicted molar refractivity (Wildman–Crippen MR) is 286 cm³/mol. The Kier molecular flexibility index (Phi) is 30.5. The number of rotatable bonds is 20. The summed E-state index contributed by atoms with van der Waals surface area (Å²) in [6.07, 6.45) is 28.5. The van der Waals surface area contributed by atoms with Gasteiger partial charge in [0.1, 0.15) is 0 Å². The molecule has 0 amide bonds. The van der Waals surface area contributed by atoms with Gasteiger partial charge in [0.2, 0.25) is 0 Å². The van der Waals surface area contributed by atoms with E-state index in [1.54, 1.807) is 31.9 Å². The van der Waals surface area contributed by atoms with Crippen molar-refractivity contribution in [3.8, 4) is 22.3 Å². The summed E-state index contributed by atoms with van der Waals surface area (Å²) in [7, 11) is 0. The first-order valence-electron chi connectivity index (χ1n) is 23.2. The Morgan fingerprint density at radius 2 is 0.770 bits per heavy atom. The van der Waals surface area contributed by atoms with E-state index in [9.17, 15) is 5.11 Å². The van der Waals surface area contributed by atoms with Gasteiger partial charge in [-0.2, -0.15) is 0 Å². The molecule has 0 spiro atoms. The van der Waals surface area contributed by atoms with Gasteiger partial charge in [0, 0.05) is 23.3 Å². The maximum atomic E-state index is 10.1. The third-order valence-corrected chi connectivity index (χ3v) is 14.2. The van der Waals surface area contributed by atoms with Crippen molar-refractivity contribution < 1.29 is 56.5 Å². The van der Waals surface area contributed by atoms with Crippen LogP contribution in [0.4, 0.5) is 0 Å². The number of hydrogen-bond donors (Lipinski definition) is 0. The smallest absolute Gasteiger partial charge is 0.850 e. The maximum absolute atomic E-state index is 10.1. The van der Waals surface area contributed by atoms with Gasteiger partial charge in [0.05, 0.1) is 0 Å². The van der Waals surface area contributed by atoms with Gasteiger partial charge in [-0.25, -0.2) is 0 Å². The Bertz CT molecular complexity index is 1710. The van der Waals surface area contributed by atoms with Crippen LogP contribution in [-0.2, 0) is 11.8 Å². The molecule has 0 bridgehead atoms. The Balaban J connectivity index is 0.000000350. The summed E-state index contributed by atoms with van der Waals surface area (Å²) in [6.45, 7) is 11.8. The standard InChI is InChI=1S/C29H40Br2.C13H8Br2.C8H17I.C4H9O.K/c1-3-5-7-9-11-13-19-29(20-14-12-10-8-6-4-2)27-21-23(30)15-17-25(27)26-18-16-24(31)22-28(26)29;14-10-1-3-12-8(6-10)5-9-7-11(15)2-4-13(9)12;1-2-3-4-5-6-7-8-9;1-4(2,3)5;/h15-18,21-22H,3-14,19-20H2,1-2H3;1-4,6-7H,5H2;2-8H2,1H3;1-3H3;/q;;;-1;+1. The fourth-order valence-electron chi connectivity index (χ4n) is 8.54. The second-order valence-corrected chi connectivity index (χ2v) is 22.6. The largest absolute Gasteiger partial charge is 1.00 e. The number of alkyl halides is 1. The number of hydrogen-bond acceptors (Lipinski definition) is 1. The Labute approximate surface area is 463 Å². The van der Waals surface area contributed by atoms with Crippen molar-refractivity contribution in [3.05, 3.63) is 113 Å². The van der Waals surface area contributed by atoms with Gasteiger partial charge >= 0.3 is 51.4 Å². The van der Waals surface area contributed by atoms with Gasteiger partial charge < -0.3 is 5.11 Å². The van der Waals surface area contributed by atoms with Crippen molar-refractivity contribution in [3.63, 3.8) is 0 Å². The topological polar surface area (TPSA) is 23.1 Å². The number of unbranched alkanes of at least 4 members (excludes halogenated alkanes) is 15. The molecule has 0 heterocycles. The van der Waals surface area contributed by atoms with Gasteiger partial charge in [-0.3, -0.25) is 0 Å². The van der Waals surface area contributed by atoms with Crippen molar-refractivity contribution in [2.24, 2.45) is 0 Å². The van der Waals surface area contributed by atoms with Crippen LogP contribution >= 0.6 is 86.3 Å². The van der Waals surface area contributed by atoms with Crippen LogP contribution in [0.5, 0.6) is 0 Å². The summed E-state index contributed by atoms with van der Waals surface area (Å²) in [5.74, 6) is 0. The van der Waals surface area contributed by atoms with Crippen molar-refractivity contribution >= 4 is 86.3 Å². The van der Waals surface area contributed by atoms with E-state index in [0.29, 0.717) is 0 Å². The fraction of sp³-hybridized carbons (Fsp3) is 0.556. The molecule has 4 aromatic rings. The van der Waals surface area contributed by atoms with E-state index >= 15 is 0 Å². The van der Waals surface area contributed by atoms with E-state index in [1.807, 2.05) is 0 Å². The zero-order valence-corrected chi connectivity index (χ0v) is 50.4. The zero-order valence-electron chi connectivity index (χ0n) is 38.8. The second-order valence-electron chi connectivity index (χ2n) is 17.8. The molecule has 2 aliphatic rings. The quantitative estimate of drug-likeness (QED) is 0.0330. The van der Waals surface area contributed by atoms with Crippen LogP contribution in [0.1, 0.15) is 192 Å². The fourth-order valence-corrected chi connectivity index (χ4v) is 10.6. The molecule has 0 aromatic heterocycles. The first-order valence-corrected chi connectivity index (χ1v) is 27.9. The minimum atomic E-state index is -0.750. The molecule has 7 heteroatoms. The van der Waals surface area contributed by atoms with Gasteiger partial charge in [0.15, 0.2) is 0 Å². The Hall–Kier alpha value is 1.13. The third kappa shape index (κ3) is 20.9. The predicted octanol–water partition coefficient (Wildman–Crippen LogP) is 16.7. The number of benzene rings is 4. The molecule has 2 aliphatic carbocycles. The summed E-state index contributed by atoms with van der Waals surface area (Å²) in [5.41, 5.74) is 11.1. The van der Waals surface area contributed by atoms with Crippen LogP contribution in [0.15, 0.2) is 90.7 Å². The second kappa shape index (κ2) is 32.0. The van der Waals surface area contributed by atoms with Crippen molar-refractivity contribution in [2.75, 3.05) is 4.43 Å². The zero-order chi connectivity index (χ0) is 44.0. The maximum Gasteiger partial charge on any atom is 1.00 e. The average Bonchev–Trinajstić information content (AvgIpc) is 3.68. The van der Waals surface area contributed by atoms with Gasteiger partial charge in [-0.1, -0.05) is 261 Å². The molecule has 61 heavy (non-hydrogen) atoms. The van der Waals surface area contributed by atoms with Crippen molar-refractivity contribution in [2.45, 2.75) is 187 Å². The summed E-state index contributed by atoms with van der Waals surface area (Å²) < 4.78 is 6.09. The molecule has 0 aliphatic heterocycles. The molecule has 0 radical (unpaired) electrons. The molecule has 6 rings (SSSR count). The molecule has 1 nitrogen and oxygen atoms in total. The van der Waals surface area contributed by atoms with Crippen molar-refractivity contribution in [1.82, 2.24) is 0 Å². The van der Waals surface area contributed by atoms with Crippen LogP contribution in [-0.4, -0.2) is 10.0 Å². The van der Waals surface area contributed by atoms with Gasteiger partial charge in [0.25, 0.3) is 0 Å². The normalized spacial score (nSPS) is 12.6.